The fourth-order valence-electron chi connectivity index (χ4n) is 1.90. The third-order valence-corrected chi connectivity index (χ3v) is 3.07. The molecule has 96 valence electrons. The van der Waals surface area contributed by atoms with Crippen molar-refractivity contribution in [2.24, 2.45) is 0 Å². The predicted molar refractivity (Wildman–Crippen MR) is 73.0 cm³/mol. The molecule has 0 radical (unpaired) electrons. The number of aromatic nitrogens is 2. The number of alkyl halides is 1. The molecule has 2 rings (SSSR count). The second kappa shape index (κ2) is 5.91. The van der Waals surface area contributed by atoms with Crippen LogP contribution in [-0.2, 0) is 19.0 Å². The lowest BCUT2D eigenvalue weighted by Crippen LogP contribution is -2.06. The molecule has 0 aliphatic carbocycles. The van der Waals surface area contributed by atoms with Crippen LogP contribution in [0.3, 0.4) is 0 Å². The Morgan fingerprint density at radius 1 is 1.33 bits per heavy atom. The standard InChI is InChI=1S/C14H17ClN2O/c1-3-17-13(8-11(2)16-17)10-18-14-7-5-4-6-12(14)9-15/h4-8H,3,9-10H2,1-2H3. The maximum absolute atomic E-state index is 5.88. The molecule has 0 amide bonds. The average Bonchev–Trinajstić information content (AvgIpc) is 2.77. The molecule has 0 atom stereocenters. The SMILES string of the molecule is CCn1nc(C)cc1COc1ccccc1CCl. The highest BCUT2D eigenvalue weighted by Crippen LogP contribution is 2.21. The highest BCUT2D eigenvalue weighted by Gasteiger charge is 2.06. The van der Waals surface area contributed by atoms with Gasteiger partial charge in [-0.1, -0.05) is 18.2 Å². The number of para-hydroxylation sites is 1. The van der Waals surface area contributed by atoms with Crippen molar-refractivity contribution in [1.29, 1.82) is 0 Å². The van der Waals surface area contributed by atoms with Gasteiger partial charge in [0.05, 0.1) is 17.3 Å². The minimum atomic E-state index is 0.461. The molecule has 18 heavy (non-hydrogen) atoms. The number of hydrogen-bond acceptors (Lipinski definition) is 2. The van der Waals surface area contributed by atoms with E-state index in [2.05, 4.69) is 12.0 Å². The number of rotatable bonds is 5. The number of benzene rings is 1. The van der Waals surface area contributed by atoms with E-state index in [4.69, 9.17) is 16.3 Å². The van der Waals surface area contributed by atoms with Crippen molar-refractivity contribution in [3.05, 3.63) is 47.3 Å². The van der Waals surface area contributed by atoms with Crippen LogP contribution >= 0.6 is 11.6 Å². The van der Waals surface area contributed by atoms with Gasteiger partial charge >= 0.3 is 0 Å². The Balaban J connectivity index is 2.11. The summed E-state index contributed by atoms with van der Waals surface area (Å²) in [7, 11) is 0. The third kappa shape index (κ3) is 2.85. The smallest absolute Gasteiger partial charge is 0.130 e. The van der Waals surface area contributed by atoms with E-state index in [9.17, 15) is 0 Å². The van der Waals surface area contributed by atoms with E-state index >= 15 is 0 Å². The number of halogens is 1. The lowest BCUT2D eigenvalue weighted by atomic mass is 10.2. The van der Waals surface area contributed by atoms with Crippen molar-refractivity contribution >= 4 is 11.6 Å². The normalized spacial score (nSPS) is 10.6. The average molecular weight is 265 g/mol. The highest BCUT2D eigenvalue weighted by molar-refractivity contribution is 6.17. The summed E-state index contributed by atoms with van der Waals surface area (Å²) in [5, 5.41) is 4.39. The van der Waals surface area contributed by atoms with E-state index in [-0.39, 0.29) is 0 Å². The van der Waals surface area contributed by atoms with E-state index in [0.717, 1.165) is 29.2 Å². The molecule has 0 aliphatic rings. The molecule has 0 aliphatic heterocycles. The zero-order valence-electron chi connectivity index (χ0n) is 10.7. The fraction of sp³-hybridized carbons (Fsp3) is 0.357. The summed E-state index contributed by atoms with van der Waals surface area (Å²) in [6, 6.07) is 9.88. The van der Waals surface area contributed by atoms with Gasteiger partial charge in [-0.15, -0.1) is 11.6 Å². The second-order valence-electron chi connectivity index (χ2n) is 4.12. The minimum absolute atomic E-state index is 0.461. The van der Waals surface area contributed by atoms with Crippen LogP contribution in [0.15, 0.2) is 30.3 Å². The van der Waals surface area contributed by atoms with Crippen LogP contribution in [0.25, 0.3) is 0 Å². The molecular weight excluding hydrogens is 248 g/mol. The van der Waals surface area contributed by atoms with Crippen LogP contribution in [0.4, 0.5) is 0 Å². The van der Waals surface area contributed by atoms with Gasteiger partial charge in [0.25, 0.3) is 0 Å². The van der Waals surface area contributed by atoms with Crippen LogP contribution < -0.4 is 4.74 Å². The molecule has 3 nitrogen and oxygen atoms in total. The van der Waals surface area contributed by atoms with Gasteiger partial charge in [-0.25, -0.2) is 0 Å². The summed E-state index contributed by atoms with van der Waals surface area (Å²) in [4.78, 5) is 0. The molecule has 2 aromatic rings. The van der Waals surface area contributed by atoms with Crippen molar-refractivity contribution in [3.63, 3.8) is 0 Å². The van der Waals surface area contributed by atoms with E-state index in [1.807, 2.05) is 41.9 Å². The van der Waals surface area contributed by atoms with Gasteiger partial charge in [0.1, 0.15) is 12.4 Å². The van der Waals surface area contributed by atoms with Gasteiger partial charge in [-0.05, 0) is 26.0 Å². The van der Waals surface area contributed by atoms with E-state index in [0.29, 0.717) is 12.5 Å². The largest absolute Gasteiger partial charge is 0.487 e. The topological polar surface area (TPSA) is 27.1 Å². The monoisotopic (exact) mass is 264 g/mol. The molecule has 1 aromatic carbocycles. The van der Waals surface area contributed by atoms with Crippen LogP contribution in [0.5, 0.6) is 5.75 Å². The molecule has 0 spiro atoms. The Morgan fingerprint density at radius 3 is 2.83 bits per heavy atom. The fourth-order valence-corrected chi connectivity index (χ4v) is 2.12. The zero-order chi connectivity index (χ0) is 13.0. The summed E-state index contributed by atoms with van der Waals surface area (Å²) in [5.41, 5.74) is 3.11. The number of ether oxygens (including phenoxy) is 1. The predicted octanol–water partition coefficient (Wildman–Crippen LogP) is 3.53. The molecule has 1 heterocycles. The van der Waals surface area contributed by atoms with Crippen LogP contribution in [-0.4, -0.2) is 9.78 Å². The molecule has 0 unspecified atom stereocenters. The van der Waals surface area contributed by atoms with E-state index < -0.39 is 0 Å². The Hall–Kier alpha value is -1.48. The lowest BCUT2D eigenvalue weighted by molar-refractivity contribution is 0.290. The maximum atomic E-state index is 5.88. The Morgan fingerprint density at radius 2 is 2.11 bits per heavy atom. The molecule has 0 saturated heterocycles. The van der Waals surface area contributed by atoms with Crippen LogP contribution in [0.1, 0.15) is 23.9 Å². The summed E-state index contributed by atoms with van der Waals surface area (Å²) in [5.74, 6) is 1.30. The minimum Gasteiger partial charge on any atom is -0.487 e. The Bertz CT molecular complexity index is 522. The highest BCUT2D eigenvalue weighted by atomic mass is 35.5. The molecule has 0 bridgehead atoms. The van der Waals surface area contributed by atoms with Gasteiger partial charge < -0.3 is 4.74 Å². The molecule has 0 fully saturated rings. The van der Waals surface area contributed by atoms with Crippen molar-refractivity contribution in [3.8, 4) is 5.75 Å². The van der Waals surface area contributed by atoms with Crippen molar-refractivity contribution in [2.75, 3.05) is 0 Å². The van der Waals surface area contributed by atoms with Gasteiger partial charge in [0.2, 0.25) is 0 Å². The molecular formula is C14H17ClN2O. The quantitative estimate of drug-likeness (QED) is 0.773. The first kappa shape index (κ1) is 13.0. The third-order valence-electron chi connectivity index (χ3n) is 2.78. The van der Waals surface area contributed by atoms with Gasteiger partial charge in [0, 0.05) is 12.1 Å². The van der Waals surface area contributed by atoms with Crippen LogP contribution in [0, 0.1) is 6.92 Å². The summed E-state index contributed by atoms with van der Waals surface area (Å²) in [6.07, 6.45) is 0. The van der Waals surface area contributed by atoms with E-state index in [1.165, 1.54) is 0 Å². The van der Waals surface area contributed by atoms with E-state index in [1.54, 1.807) is 0 Å². The number of nitrogens with zero attached hydrogens (tertiary/aromatic N) is 2. The van der Waals surface area contributed by atoms with Gasteiger partial charge in [0.15, 0.2) is 0 Å². The van der Waals surface area contributed by atoms with Crippen molar-refractivity contribution < 1.29 is 4.74 Å². The van der Waals surface area contributed by atoms with Crippen molar-refractivity contribution in [2.45, 2.75) is 32.9 Å². The first-order valence-corrected chi connectivity index (χ1v) is 6.58. The summed E-state index contributed by atoms with van der Waals surface area (Å²) >= 11 is 5.88. The summed E-state index contributed by atoms with van der Waals surface area (Å²) < 4.78 is 7.78. The summed E-state index contributed by atoms with van der Waals surface area (Å²) in [6.45, 7) is 5.43. The first-order valence-electron chi connectivity index (χ1n) is 6.04. The second-order valence-corrected chi connectivity index (χ2v) is 4.39. The number of hydrogen-bond donors (Lipinski definition) is 0. The lowest BCUT2D eigenvalue weighted by Gasteiger charge is -2.10. The molecule has 4 heteroatoms. The Kier molecular flexibility index (Phi) is 4.26. The first-order chi connectivity index (χ1) is 8.74. The molecule has 0 N–H and O–H groups in total. The van der Waals surface area contributed by atoms with Crippen LogP contribution in [0.2, 0.25) is 0 Å². The van der Waals surface area contributed by atoms with Crippen molar-refractivity contribution in [1.82, 2.24) is 9.78 Å². The Labute approximate surface area is 112 Å². The molecule has 0 saturated carbocycles. The zero-order valence-corrected chi connectivity index (χ0v) is 11.4. The maximum Gasteiger partial charge on any atom is 0.130 e. The van der Waals surface area contributed by atoms with Gasteiger partial charge in [-0.2, -0.15) is 5.10 Å². The molecule has 1 aromatic heterocycles. The number of aryl methyl sites for hydroxylation is 2. The van der Waals surface area contributed by atoms with Gasteiger partial charge in [-0.3, -0.25) is 4.68 Å².